The van der Waals surface area contributed by atoms with Gasteiger partial charge in [-0.25, -0.2) is 4.79 Å². The van der Waals surface area contributed by atoms with Crippen molar-refractivity contribution in [2.45, 2.75) is 33.1 Å². The number of rotatable bonds is 5. The Kier molecular flexibility index (Phi) is 4.78. The summed E-state index contributed by atoms with van der Waals surface area (Å²) in [6.45, 7) is 8.38. The predicted molar refractivity (Wildman–Crippen MR) is 81.3 cm³/mol. The number of benzene rings is 1. The number of hydrogen-bond acceptors (Lipinski definition) is 2. The molecule has 0 aromatic heterocycles. The van der Waals surface area contributed by atoms with E-state index < -0.39 is 0 Å². The van der Waals surface area contributed by atoms with E-state index in [2.05, 4.69) is 26.5 Å². The van der Waals surface area contributed by atoms with Gasteiger partial charge in [0, 0.05) is 6.42 Å². The number of esters is 1. The molecule has 2 rings (SSSR count). The third-order valence-corrected chi connectivity index (χ3v) is 3.85. The minimum Gasteiger partial charge on any atom is -0.428 e. The molecule has 0 N–H and O–H groups in total. The van der Waals surface area contributed by atoms with Crippen LogP contribution in [0.4, 0.5) is 0 Å². The van der Waals surface area contributed by atoms with Gasteiger partial charge in [0.2, 0.25) is 0 Å². The molecule has 0 radical (unpaired) electrons. The molecule has 1 aliphatic carbocycles. The van der Waals surface area contributed by atoms with Gasteiger partial charge in [-0.15, -0.1) is 0 Å². The summed E-state index contributed by atoms with van der Waals surface area (Å²) in [7, 11) is 0. The first kappa shape index (κ1) is 14.6. The number of carbonyl (C=O) groups is 1. The van der Waals surface area contributed by atoms with Crippen molar-refractivity contribution in [2.24, 2.45) is 11.8 Å². The number of hydrogen-bond donors (Lipinski definition) is 0. The summed E-state index contributed by atoms with van der Waals surface area (Å²) in [5.74, 6) is 1.63. The zero-order chi connectivity index (χ0) is 14.5. The standard InChI is InChI=1S/C18H22O2/c1-13(2)17-10-9-15(12-17)11-14(3)20-18(19)16-7-5-4-6-8-16/h4-9,13,17H,3,10-12H2,1-2H3. The van der Waals surface area contributed by atoms with Crippen LogP contribution in [0.3, 0.4) is 0 Å². The first-order valence-corrected chi connectivity index (χ1v) is 7.19. The molecule has 0 aliphatic heterocycles. The smallest absolute Gasteiger partial charge is 0.343 e. The number of allylic oxidation sites excluding steroid dienone is 2. The van der Waals surface area contributed by atoms with Gasteiger partial charge in [-0.05, 0) is 36.8 Å². The molecule has 0 fully saturated rings. The minimum atomic E-state index is -0.324. The van der Waals surface area contributed by atoms with Crippen LogP contribution < -0.4 is 0 Å². The Morgan fingerprint density at radius 2 is 2.05 bits per heavy atom. The lowest BCUT2D eigenvalue weighted by Gasteiger charge is -2.14. The van der Waals surface area contributed by atoms with E-state index in [1.165, 1.54) is 5.57 Å². The zero-order valence-corrected chi connectivity index (χ0v) is 12.3. The fraction of sp³-hybridized carbons (Fsp3) is 0.389. The zero-order valence-electron chi connectivity index (χ0n) is 12.3. The Morgan fingerprint density at radius 1 is 1.35 bits per heavy atom. The van der Waals surface area contributed by atoms with E-state index in [0.29, 0.717) is 23.7 Å². The first-order chi connectivity index (χ1) is 9.56. The van der Waals surface area contributed by atoms with Crippen LogP contribution >= 0.6 is 0 Å². The molecular formula is C18H22O2. The van der Waals surface area contributed by atoms with Gasteiger partial charge < -0.3 is 4.74 Å². The molecule has 0 bridgehead atoms. The van der Waals surface area contributed by atoms with E-state index in [4.69, 9.17) is 4.74 Å². The van der Waals surface area contributed by atoms with E-state index >= 15 is 0 Å². The Labute approximate surface area is 121 Å². The van der Waals surface area contributed by atoms with Crippen LogP contribution in [0.2, 0.25) is 0 Å². The molecular weight excluding hydrogens is 248 g/mol. The van der Waals surface area contributed by atoms with Crippen molar-refractivity contribution in [3.63, 3.8) is 0 Å². The molecule has 20 heavy (non-hydrogen) atoms. The molecule has 1 atom stereocenters. The quantitative estimate of drug-likeness (QED) is 0.439. The van der Waals surface area contributed by atoms with Crippen LogP contribution in [0.15, 0.2) is 54.3 Å². The Morgan fingerprint density at radius 3 is 2.65 bits per heavy atom. The Balaban J connectivity index is 1.83. The topological polar surface area (TPSA) is 26.3 Å². The van der Waals surface area contributed by atoms with Crippen LogP contribution in [0.1, 0.15) is 43.5 Å². The average molecular weight is 270 g/mol. The van der Waals surface area contributed by atoms with Crippen LogP contribution in [0.25, 0.3) is 0 Å². The van der Waals surface area contributed by atoms with Crippen LogP contribution in [0, 0.1) is 11.8 Å². The van der Waals surface area contributed by atoms with Gasteiger partial charge in [0.25, 0.3) is 0 Å². The third-order valence-electron chi connectivity index (χ3n) is 3.85. The number of ether oxygens (including phenoxy) is 1. The Hall–Kier alpha value is -1.83. The van der Waals surface area contributed by atoms with Gasteiger partial charge in [0.1, 0.15) is 5.76 Å². The van der Waals surface area contributed by atoms with Crippen molar-refractivity contribution in [2.75, 3.05) is 0 Å². The van der Waals surface area contributed by atoms with E-state index in [1.54, 1.807) is 12.1 Å². The van der Waals surface area contributed by atoms with Gasteiger partial charge in [-0.2, -0.15) is 0 Å². The van der Waals surface area contributed by atoms with Gasteiger partial charge in [-0.3, -0.25) is 0 Å². The van der Waals surface area contributed by atoms with Crippen molar-refractivity contribution in [3.8, 4) is 0 Å². The lowest BCUT2D eigenvalue weighted by Crippen LogP contribution is -2.06. The van der Waals surface area contributed by atoms with Crippen molar-refractivity contribution in [1.29, 1.82) is 0 Å². The van der Waals surface area contributed by atoms with Crippen LogP contribution in [0.5, 0.6) is 0 Å². The van der Waals surface area contributed by atoms with E-state index in [9.17, 15) is 4.79 Å². The fourth-order valence-corrected chi connectivity index (χ4v) is 2.53. The molecule has 2 nitrogen and oxygen atoms in total. The highest BCUT2D eigenvalue weighted by molar-refractivity contribution is 5.89. The summed E-state index contributed by atoms with van der Waals surface area (Å²) in [5.41, 5.74) is 1.91. The molecule has 106 valence electrons. The monoisotopic (exact) mass is 270 g/mol. The molecule has 0 saturated heterocycles. The normalized spacial score (nSPS) is 17.9. The molecule has 0 amide bonds. The fourth-order valence-electron chi connectivity index (χ4n) is 2.53. The number of carbonyl (C=O) groups excluding carboxylic acids is 1. The summed E-state index contributed by atoms with van der Waals surface area (Å²) in [6.07, 6.45) is 5.17. The highest BCUT2D eigenvalue weighted by atomic mass is 16.5. The summed E-state index contributed by atoms with van der Waals surface area (Å²) >= 11 is 0. The second-order valence-electron chi connectivity index (χ2n) is 5.78. The van der Waals surface area contributed by atoms with Gasteiger partial charge in [-0.1, -0.05) is 50.3 Å². The Bertz CT molecular complexity index is 511. The molecule has 0 spiro atoms. The summed E-state index contributed by atoms with van der Waals surface area (Å²) in [4.78, 5) is 11.9. The molecule has 2 heteroatoms. The van der Waals surface area contributed by atoms with E-state index in [0.717, 1.165) is 18.8 Å². The predicted octanol–water partition coefficient (Wildman–Crippen LogP) is 4.74. The summed E-state index contributed by atoms with van der Waals surface area (Å²) in [5, 5.41) is 0. The van der Waals surface area contributed by atoms with Crippen LogP contribution in [-0.4, -0.2) is 5.97 Å². The van der Waals surface area contributed by atoms with Crippen molar-refractivity contribution >= 4 is 5.97 Å². The largest absolute Gasteiger partial charge is 0.428 e. The molecule has 1 aliphatic rings. The summed E-state index contributed by atoms with van der Waals surface area (Å²) < 4.78 is 5.32. The van der Waals surface area contributed by atoms with E-state index in [-0.39, 0.29) is 5.97 Å². The molecule has 0 saturated carbocycles. The van der Waals surface area contributed by atoms with Gasteiger partial charge in [0.05, 0.1) is 5.56 Å². The first-order valence-electron chi connectivity index (χ1n) is 7.19. The highest BCUT2D eigenvalue weighted by Crippen LogP contribution is 2.33. The lowest BCUT2D eigenvalue weighted by atomic mass is 9.92. The maximum atomic E-state index is 11.9. The second kappa shape index (κ2) is 6.56. The molecule has 1 aromatic carbocycles. The molecule has 1 unspecified atom stereocenters. The highest BCUT2D eigenvalue weighted by Gasteiger charge is 2.21. The maximum absolute atomic E-state index is 11.9. The van der Waals surface area contributed by atoms with Gasteiger partial charge in [0.15, 0.2) is 0 Å². The lowest BCUT2D eigenvalue weighted by molar-refractivity contribution is 0.0619. The minimum absolute atomic E-state index is 0.324. The van der Waals surface area contributed by atoms with Crippen molar-refractivity contribution in [1.82, 2.24) is 0 Å². The maximum Gasteiger partial charge on any atom is 0.343 e. The van der Waals surface area contributed by atoms with Crippen molar-refractivity contribution < 1.29 is 9.53 Å². The summed E-state index contributed by atoms with van der Waals surface area (Å²) in [6, 6.07) is 9.03. The van der Waals surface area contributed by atoms with E-state index in [1.807, 2.05) is 18.2 Å². The third kappa shape index (κ3) is 3.83. The average Bonchev–Trinajstić information content (AvgIpc) is 2.88. The molecule has 1 aromatic rings. The molecule has 0 heterocycles. The second-order valence-corrected chi connectivity index (χ2v) is 5.78. The van der Waals surface area contributed by atoms with Crippen molar-refractivity contribution in [3.05, 3.63) is 59.9 Å². The van der Waals surface area contributed by atoms with Crippen LogP contribution in [-0.2, 0) is 4.74 Å². The van der Waals surface area contributed by atoms with Gasteiger partial charge >= 0.3 is 5.97 Å². The SMILES string of the molecule is C=C(CC1=CCC(C(C)C)C1)OC(=O)c1ccccc1.